The molecule has 0 aliphatic carbocycles. The number of carbonyl (C=O) groups excluding carboxylic acids is 1. The SMILES string of the molecule is Cc1cc(/C=C2/SC(=S)N(c3cccc(Cl)c3)C2=O)cc(Br)c1O. The van der Waals surface area contributed by atoms with Crippen molar-refractivity contribution in [2.24, 2.45) is 0 Å². The Kier molecular flexibility index (Phi) is 5.01. The van der Waals surface area contributed by atoms with Crippen LogP contribution in [0.15, 0.2) is 45.8 Å². The number of nitrogens with zero attached hydrogens (tertiary/aromatic N) is 1. The maximum atomic E-state index is 12.7. The molecule has 2 aromatic carbocycles. The molecule has 1 aliphatic rings. The number of thioether (sulfide) groups is 1. The van der Waals surface area contributed by atoms with Gasteiger partial charge in [0.05, 0.1) is 15.1 Å². The Morgan fingerprint density at radius 2 is 2.08 bits per heavy atom. The van der Waals surface area contributed by atoms with Gasteiger partial charge in [-0.2, -0.15) is 0 Å². The Morgan fingerprint density at radius 3 is 2.75 bits per heavy atom. The molecule has 1 heterocycles. The summed E-state index contributed by atoms with van der Waals surface area (Å²) in [6.45, 7) is 1.80. The fourth-order valence-corrected chi connectivity index (χ4v) is 4.36. The largest absolute Gasteiger partial charge is 0.506 e. The third-order valence-corrected chi connectivity index (χ3v) is 5.58. The smallest absolute Gasteiger partial charge is 0.270 e. The maximum Gasteiger partial charge on any atom is 0.270 e. The molecule has 0 spiro atoms. The molecule has 0 unspecified atom stereocenters. The van der Waals surface area contributed by atoms with E-state index in [0.29, 0.717) is 24.4 Å². The zero-order valence-corrected chi connectivity index (χ0v) is 16.4. The number of anilines is 1. The van der Waals surface area contributed by atoms with E-state index in [1.807, 2.05) is 6.07 Å². The first-order valence-corrected chi connectivity index (χ1v) is 9.29. The van der Waals surface area contributed by atoms with Crippen molar-refractivity contribution in [2.75, 3.05) is 4.90 Å². The molecular weight excluding hydrogens is 430 g/mol. The van der Waals surface area contributed by atoms with Gasteiger partial charge in [0.25, 0.3) is 5.91 Å². The Labute approximate surface area is 162 Å². The van der Waals surface area contributed by atoms with Gasteiger partial charge in [0.2, 0.25) is 0 Å². The second-order valence-electron chi connectivity index (χ2n) is 5.17. The number of amides is 1. The molecule has 1 amide bonds. The number of phenols is 1. The van der Waals surface area contributed by atoms with Crippen LogP contribution in [-0.2, 0) is 4.79 Å². The number of halogens is 2. The molecule has 1 N–H and O–H groups in total. The van der Waals surface area contributed by atoms with E-state index in [4.69, 9.17) is 23.8 Å². The standard InChI is InChI=1S/C17H11BrClNO2S2/c1-9-5-10(6-13(18)15(9)21)7-14-16(22)20(17(23)24-14)12-4-2-3-11(19)8-12/h2-8,21H,1H3/b14-7+. The minimum absolute atomic E-state index is 0.186. The van der Waals surface area contributed by atoms with E-state index in [9.17, 15) is 9.90 Å². The maximum absolute atomic E-state index is 12.7. The van der Waals surface area contributed by atoms with E-state index in [1.165, 1.54) is 16.7 Å². The summed E-state index contributed by atoms with van der Waals surface area (Å²) in [5.41, 5.74) is 2.18. The van der Waals surface area contributed by atoms with Crippen LogP contribution >= 0.6 is 51.5 Å². The van der Waals surface area contributed by atoms with Gasteiger partial charge in [-0.05, 0) is 70.4 Å². The highest BCUT2D eigenvalue weighted by molar-refractivity contribution is 9.10. The van der Waals surface area contributed by atoms with Crippen molar-refractivity contribution in [1.82, 2.24) is 0 Å². The molecule has 0 atom stereocenters. The van der Waals surface area contributed by atoms with E-state index < -0.39 is 0 Å². The van der Waals surface area contributed by atoms with Gasteiger partial charge in [0, 0.05) is 5.02 Å². The highest BCUT2D eigenvalue weighted by atomic mass is 79.9. The average molecular weight is 441 g/mol. The van der Waals surface area contributed by atoms with Gasteiger partial charge < -0.3 is 5.11 Å². The summed E-state index contributed by atoms with van der Waals surface area (Å²) >= 11 is 15.9. The highest BCUT2D eigenvalue weighted by Crippen LogP contribution is 2.37. The average Bonchev–Trinajstić information content (AvgIpc) is 2.79. The second kappa shape index (κ2) is 6.88. The fourth-order valence-electron chi connectivity index (χ4n) is 2.30. The van der Waals surface area contributed by atoms with Crippen LogP contribution in [-0.4, -0.2) is 15.3 Å². The van der Waals surface area contributed by atoms with Crippen LogP contribution in [0.1, 0.15) is 11.1 Å². The second-order valence-corrected chi connectivity index (χ2v) is 8.13. The number of phenolic OH excluding ortho intramolecular Hbond substituents is 1. The summed E-state index contributed by atoms with van der Waals surface area (Å²) in [6, 6.07) is 10.6. The first-order chi connectivity index (χ1) is 11.4. The lowest BCUT2D eigenvalue weighted by molar-refractivity contribution is -0.113. The van der Waals surface area contributed by atoms with Crippen molar-refractivity contribution >= 4 is 73.5 Å². The Hall–Kier alpha value is -1.34. The zero-order chi connectivity index (χ0) is 17.4. The highest BCUT2D eigenvalue weighted by Gasteiger charge is 2.33. The number of aryl methyl sites for hydroxylation is 1. The Morgan fingerprint density at radius 1 is 1.33 bits per heavy atom. The predicted octanol–water partition coefficient (Wildman–Crippen LogP) is 5.52. The minimum Gasteiger partial charge on any atom is -0.506 e. The lowest BCUT2D eigenvalue weighted by atomic mass is 10.1. The molecule has 3 rings (SSSR count). The van der Waals surface area contributed by atoms with Crippen LogP contribution in [0.4, 0.5) is 5.69 Å². The van der Waals surface area contributed by atoms with Crippen molar-refractivity contribution in [2.45, 2.75) is 6.92 Å². The van der Waals surface area contributed by atoms with Crippen LogP contribution < -0.4 is 4.90 Å². The topological polar surface area (TPSA) is 40.5 Å². The van der Waals surface area contributed by atoms with Gasteiger partial charge in [-0.15, -0.1) is 0 Å². The Balaban J connectivity index is 1.97. The Bertz CT molecular complexity index is 875. The molecule has 0 radical (unpaired) electrons. The van der Waals surface area contributed by atoms with Gasteiger partial charge >= 0.3 is 0 Å². The van der Waals surface area contributed by atoms with Gasteiger partial charge in [0.1, 0.15) is 5.75 Å². The molecular formula is C17H11BrClNO2S2. The predicted molar refractivity (Wildman–Crippen MR) is 108 cm³/mol. The fraction of sp³-hybridized carbons (Fsp3) is 0.0588. The summed E-state index contributed by atoms with van der Waals surface area (Å²) in [5.74, 6) is 0.00717. The number of hydrogen-bond donors (Lipinski definition) is 1. The normalized spacial score (nSPS) is 16.3. The summed E-state index contributed by atoms with van der Waals surface area (Å²) in [7, 11) is 0. The number of aromatic hydroxyl groups is 1. The van der Waals surface area contributed by atoms with Crippen molar-refractivity contribution in [1.29, 1.82) is 0 Å². The molecule has 7 heteroatoms. The van der Waals surface area contributed by atoms with E-state index >= 15 is 0 Å². The third-order valence-electron chi connectivity index (χ3n) is 3.43. The molecule has 0 bridgehead atoms. The van der Waals surface area contributed by atoms with Gasteiger partial charge in [-0.25, -0.2) is 0 Å². The van der Waals surface area contributed by atoms with Crippen molar-refractivity contribution in [3.8, 4) is 5.75 Å². The summed E-state index contributed by atoms with van der Waals surface area (Å²) < 4.78 is 1.04. The van der Waals surface area contributed by atoms with E-state index in [0.717, 1.165) is 11.1 Å². The summed E-state index contributed by atoms with van der Waals surface area (Å²) in [4.78, 5) is 14.7. The molecule has 122 valence electrons. The molecule has 2 aromatic rings. The zero-order valence-electron chi connectivity index (χ0n) is 12.4. The first-order valence-electron chi connectivity index (χ1n) is 6.89. The van der Waals surface area contributed by atoms with E-state index in [2.05, 4.69) is 15.9 Å². The van der Waals surface area contributed by atoms with E-state index in [-0.39, 0.29) is 11.7 Å². The van der Waals surface area contributed by atoms with Crippen molar-refractivity contribution < 1.29 is 9.90 Å². The van der Waals surface area contributed by atoms with Gasteiger partial charge in [-0.1, -0.05) is 41.6 Å². The summed E-state index contributed by atoms with van der Waals surface area (Å²) in [5, 5.41) is 10.4. The molecule has 1 saturated heterocycles. The van der Waals surface area contributed by atoms with Crippen molar-refractivity contribution in [3.63, 3.8) is 0 Å². The monoisotopic (exact) mass is 439 g/mol. The number of hydrogen-bond acceptors (Lipinski definition) is 4. The van der Waals surface area contributed by atoms with E-state index in [1.54, 1.807) is 43.3 Å². The lowest BCUT2D eigenvalue weighted by Gasteiger charge is -2.14. The van der Waals surface area contributed by atoms with Gasteiger partial charge in [0.15, 0.2) is 4.32 Å². The number of benzene rings is 2. The molecule has 1 aliphatic heterocycles. The first kappa shape index (κ1) is 17.5. The quantitative estimate of drug-likeness (QED) is 0.493. The third kappa shape index (κ3) is 3.37. The number of thiocarbonyl (C=S) groups is 1. The number of carbonyl (C=O) groups is 1. The van der Waals surface area contributed by atoms with Crippen LogP contribution in [0.25, 0.3) is 6.08 Å². The molecule has 0 aromatic heterocycles. The molecule has 24 heavy (non-hydrogen) atoms. The minimum atomic E-state index is -0.186. The molecule has 1 fully saturated rings. The van der Waals surface area contributed by atoms with Crippen LogP contribution in [0.5, 0.6) is 5.75 Å². The van der Waals surface area contributed by atoms with Crippen molar-refractivity contribution in [3.05, 3.63) is 61.9 Å². The number of rotatable bonds is 2. The van der Waals surface area contributed by atoms with Gasteiger partial charge in [-0.3, -0.25) is 9.69 Å². The van der Waals surface area contributed by atoms with Crippen LogP contribution in [0.3, 0.4) is 0 Å². The summed E-state index contributed by atoms with van der Waals surface area (Å²) in [6.07, 6.45) is 1.76. The lowest BCUT2D eigenvalue weighted by Crippen LogP contribution is -2.27. The van der Waals surface area contributed by atoms with Crippen LogP contribution in [0, 0.1) is 6.92 Å². The van der Waals surface area contributed by atoms with Crippen LogP contribution in [0.2, 0.25) is 5.02 Å². The molecule has 0 saturated carbocycles. The molecule has 3 nitrogen and oxygen atoms in total.